The number of rotatable bonds is 10. The summed E-state index contributed by atoms with van der Waals surface area (Å²) in [5.74, 6) is -2.78. The van der Waals surface area contributed by atoms with Crippen LogP contribution >= 0.6 is 0 Å². The van der Waals surface area contributed by atoms with Gasteiger partial charge in [0.05, 0.1) is 13.2 Å². The molecule has 0 heterocycles. The Labute approximate surface area is 142 Å². The number of unbranched alkanes of at least 4 members (excludes halogenated alkanes) is 2. The second kappa shape index (κ2) is 14.8. The van der Waals surface area contributed by atoms with Crippen molar-refractivity contribution in [2.24, 2.45) is 0 Å². The van der Waals surface area contributed by atoms with Gasteiger partial charge in [0, 0.05) is 13.8 Å². The van der Waals surface area contributed by atoms with E-state index in [1.807, 2.05) is 13.8 Å². The highest BCUT2D eigenvalue weighted by Crippen LogP contribution is 2.02. The van der Waals surface area contributed by atoms with Crippen LogP contribution < -0.4 is 0 Å². The molecule has 0 radical (unpaired) electrons. The third kappa shape index (κ3) is 12.7. The lowest BCUT2D eigenvalue weighted by Crippen LogP contribution is -2.41. The molecule has 2 atom stereocenters. The highest BCUT2D eigenvalue weighted by atomic mass is 16.6. The molecule has 140 valence electrons. The summed E-state index contributed by atoms with van der Waals surface area (Å²) in [4.78, 5) is 42.1. The molecule has 0 aromatic carbocycles. The largest absolute Gasteiger partial charge is 0.464 e. The Morgan fingerprint density at radius 1 is 0.750 bits per heavy atom. The number of carbonyl (C=O) groups excluding carboxylic acids is 4. The molecule has 8 heteroatoms. The van der Waals surface area contributed by atoms with Crippen molar-refractivity contribution in [3.8, 4) is 0 Å². The molecule has 0 bridgehead atoms. The molecule has 24 heavy (non-hydrogen) atoms. The molecule has 2 N–H and O–H groups in total. The Hall–Kier alpha value is -1.80. The number of Topliss-reactive ketones (excluding diaryl/α,β-unsaturated/α-hetero) is 2. The van der Waals surface area contributed by atoms with E-state index in [4.69, 9.17) is 0 Å². The van der Waals surface area contributed by atoms with Gasteiger partial charge in [-0.1, -0.05) is 26.7 Å². The molecule has 0 spiro atoms. The van der Waals surface area contributed by atoms with Crippen molar-refractivity contribution in [1.29, 1.82) is 0 Å². The quantitative estimate of drug-likeness (QED) is 0.333. The van der Waals surface area contributed by atoms with E-state index in [-0.39, 0.29) is 24.8 Å². The van der Waals surface area contributed by atoms with Crippen molar-refractivity contribution in [3.05, 3.63) is 0 Å². The predicted molar refractivity (Wildman–Crippen MR) is 85.1 cm³/mol. The maximum Gasteiger partial charge on any atom is 0.338 e. The zero-order chi connectivity index (χ0) is 19.1. The van der Waals surface area contributed by atoms with Crippen LogP contribution in [0, 0.1) is 0 Å². The van der Waals surface area contributed by atoms with Crippen LogP contribution in [0.4, 0.5) is 0 Å². The van der Waals surface area contributed by atoms with Crippen LogP contribution in [0.25, 0.3) is 0 Å². The molecule has 2 unspecified atom stereocenters. The van der Waals surface area contributed by atoms with Crippen LogP contribution in [0.3, 0.4) is 0 Å². The van der Waals surface area contributed by atoms with Gasteiger partial charge in [0.2, 0.25) is 0 Å². The minimum atomic E-state index is -1.89. The van der Waals surface area contributed by atoms with Crippen LogP contribution in [0.15, 0.2) is 0 Å². The minimum absolute atomic E-state index is 0.157. The predicted octanol–water partition coefficient (Wildman–Crippen LogP) is 0.559. The number of aliphatic hydroxyl groups is 2. The molecule has 0 amide bonds. The smallest absolute Gasteiger partial charge is 0.338 e. The first-order valence-electron chi connectivity index (χ1n) is 7.89. The fourth-order valence-electron chi connectivity index (χ4n) is 1.06. The summed E-state index contributed by atoms with van der Waals surface area (Å²) in [6, 6.07) is 0. The van der Waals surface area contributed by atoms with Gasteiger partial charge in [0.25, 0.3) is 0 Å². The van der Waals surface area contributed by atoms with Crippen molar-refractivity contribution in [2.45, 2.75) is 65.6 Å². The lowest BCUT2D eigenvalue weighted by molar-refractivity contribution is -0.173. The van der Waals surface area contributed by atoms with E-state index in [0.29, 0.717) is 12.8 Å². The van der Waals surface area contributed by atoms with Gasteiger partial charge in [-0.25, -0.2) is 9.59 Å². The maximum atomic E-state index is 11.3. The van der Waals surface area contributed by atoms with Gasteiger partial charge >= 0.3 is 11.9 Å². The SMILES string of the molecule is CC(=O)C(C)=O.CCCCOC(=O)C(O)C(O)C(=O)OCCCC. The van der Waals surface area contributed by atoms with Gasteiger partial charge in [-0.15, -0.1) is 0 Å². The van der Waals surface area contributed by atoms with Crippen LogP contribution in [0.1, 0.15) is 53.4 Å². The third-order valence-electron chi connectivity index (χ3n) is 2.76. The molecule has 8 nitrogen and oxygen atoms in total. The van der Waals surface area contributed by atoms with Gasteiger partial charge in [-0.05, 0) is 12.8 Å². The Kier molecular flexibility index (Phi) is 15.0. The Morgan fingerprint density at radius 3 is 1.25 bits per heavy atom. The van der Waals surface area contributed by atoms with Crippen molar-refractivity contribution < 1.29 is 38.9 Å². The second-order valence-corrected chi connectivity index (χ2v) is 5.04. The summed E-state index contributed by atoms with van der Waals surface area (Å²) >= 11 is 0. The van der Waals surface area contributed by atoms with Crippen LogP contribution in [0.2, 0.25) is 0 Å². The highest BCUT2D eigenvalue weighted by Gasteiger charge is 2.32. The first-order chi connectivity index (χ1) is 11.2. The standard InChI is InChI=1S/C12H22O6.C4H6O2/c1-3-5-7-17-11(15)9(13)10(14)12(16)18-8-6-4-2;1-3(5)4(2)6/h9-10,13-14H,3-8H2,1-2H3;1-2H3. The molecular weight excluding hydrogens is 320 g/mol. The molecule has 0 aliphatic heterocycles. The summed E-state index contributed by atoms with van der Waals surface area (Å²) < 4.78 is 9.37. The summed E-state index contributed by atoms with van der Waals surface area (Å²) in [5, 5.41) is 18.8. The minimum Gasteiger partial charge on any atom is -0.464 e. The van der Waals surface area contributed by atoms with Gasteiger partial charge in [-0.2, -0.15) is 0 Å². The summed E-state index contributed by atoms with van der Waals surface area (Å²) in [7, 11) is 0. The fourth-order valence-corrected chi connectivity index (χ4v) is 1.06. The molecule has 0 aromatic heterocycles. The lowest BCUT2D eigenvalue weighted by atomic mass is 10.2. The van der Waals surface area contributed by atoms with Gasteiger partial charge < -0.3 is 19.7 Å². The first-order valence-corrected chi connectivity index (χ1v) is 7.89. The van der Waals surface area contributed by atoms with Gasteiger partial charge in [0.1, 0.15) is 0 Å². The molecule has 0 aliphatic carbocycles. The van der Waals surface area contributed by atoms with E-state index < -0.39 is 24.1 Å². The fraction of sp³-hybridized carbons (Fsp3) is 0.750. The van der Waals surface area contributed by atoms with E-state index in [9.17, 15) is 29.4 Å². The molecule has 0 saturated carbocycles. The molecule has 0 saturated heterocycles. The number of ketones is 2. The number of ether oxygens (including phenoxy) is 2. The highest BCUT2D eigenvalue weighted by molar-refractivity contribution is 6.35. The average molecular weight is 348 g/mol. The zero-order valence-corrected chi connectivity index (χ0v) is 14.7. The number of aliphatic hydroxyl groups excluding tert-OH is 2. The molecular formula is C16H28O8. The monoisotopic (exact) mass is 348 g/mol. The van der Waals surface area contributed by atoms with Gasteiger partial charge in [-0.3, -0.25) is 9.59 Å². The van der Waals surface area contributed by atoms with E-state index in [1.165, 1.54) is 13.8 Å². The zero-order valence-electron chi connectivity index (χ0n) is 14.7. The second-order valence-electron chi connectivity index (χ2n) is 5.04. The summed E-state index contributed by atoms with van der Waals surface area (Å²) in [5.41, 5.74) is 0. The Bertz CT molecular complexity index is 367. The Balaban J connectivity index is 0. The van der Waals surface area contributed by atoms with Crippen molar-refractivity contribution in [2.75, 3.05) is 13.2 Å². The van der Waals surface area contributed by atoms with E-state index >= 15 is 0 Å². The first kappa shape index (κ1) is 24.5. The summed E-state index contributed by atoms with van der Waals surface area (Å²) in [6.45, 7) is 6.66. The van der Waals surface area contributed by atoms with Crippen LogP contribution in [-0.2, 0) is 28.7 Å². The average Bonchev–Trinajstić information content (AvgIpc) is 2.54. The third-order valence-corrected chi connectivity index (χ3v) is 2.76. The maximum absolute atomic E-state index is 11.3. The molecule has 0 aromatic rings. The van der Waals surface area contributed by atoms with Crippen molar-refractivity contribution >= 4 is 23.5 Å². The number of esters is 2. The lowest BCUT2D eigenvalue weighted by Gasteiger charge is -2.15. The number of carbonyl (C=O) groups is 4. The summed E-state index contributed by atoms with van der Waals surface area (Å²) in [6.07, 6.45) is -0.784. The van der Waals surface area contributed by atoms with E-state index in [0.717, 1.165) is 12.8 Å². The number of hydrogen-bond donors (Lipinski definition) is 2. The molecule has 0 fully saturated rings. The molecule has 0 rings (SSSR count). The normalized spacial score (nSPS) is 12.2. The van der Waals surface area contributed by atoms with Crippen molar-refractivity contribution in [1.82, 2.24) is 0 Å². The van der Waals surface area contributed by atoms with E-state index in [2.05, 4.69) is 9.47 Å². The molecule has 0 aliphatic rings. The van der Waals surface area contributed by atoms with Gasteiger partial charge in [0.15, 0.2) is 23.8 Å². The van der Waals surface area contributed by atoms with Crippen LogP contribution in [-0.4, -0.2) is 59.1 Å². The number of hydrogen-bond acceptors (Lipinski definition) is 8. The Morgan fingerprint density at radius 2 is 1.04 bits per heavy atom. The van der Waals surface area contributed by atoms with E-state index in [1.54, 1.807) is 0 Å². The topological polar surface area (TPSA) is 127 Å². The van der Waals surface area contributed by atoms with Crippen molar-refractivity contribution in [3.63, 3.8) is 0 Å². The van der Waals surface area contributed by atoms with Crippen LogP contribution in [0.5, 0.6) is 0 Å².